The molecule has 122 valence electrons. The minimum absolute atomic E-state index is 0.337. The number of carbonyl (C=O) groups is 2. The van der Waals surface area contributed by atoms with Gasteiger partial charge in [-0.2, -0.15) is 0 Å². The van der Waals surface area contributed by atoms with Gasteiger partial charge in [0, 0.05) is 35.2 Å². The molecular weight excluding hydrogens is 326 g/mol. The van der Waals surface area contributed by atoms with Gasteiger partial charge in [0.1, 0.15) is 5.00 Å². The van der Waals surface area contributed by atoms with Crippen molar-refractivity contribution in [3.05, 3.63) is 66.4 Å². The van der Waals surface area contributed by atoms with E-state index in [-0.39, 0.29) is 5.91 Å². The van der Waals surface area contributed by atoms with E-state index < -0.39 is 6.03 Å². The Morgan fingerprint density at radius 2 is 2.08 bits per heavy atom. The van der Waals surface area contributed by atoms with Crippen LogP contribution in [0.1, 0.15) is 10.4 Å². The van der Waals surface area contributed by atoms with E-state index in [1.54, 1.807) is 36.8 Å². The van der Waals surface area contributed by atoms with E-state index >= 15 is 0 Å². The summed E-state index contributed by atoms with van der Waals surface area (Å²) in [6.45, 7) is 0. The average Bonchev–Trinajstić information content (AvgIpc) is 3.13. The SMILES string of the molecule is NC(=O)Nc1sc(-c2cc[nH]c2)cc1C(=O)NC1=CNC=CC=C1. The lowest BCUT2D eigenvalue weighted by Crippen LogP contribution is -2.25. The zero-order valence-corrected chi connectivity index (χ0v) is 13.3. The lowest BCUT2D eigenvalue weighted by atomic mass is 10.2. The summed E-state index contributed by atoms with van der Waals surface area (Å²) in [4.78, 5) is 27.6. The number of aromatic amines is 1. The van der Waals surface area contributed by atoms with E-state index in [4.69, 9.17) is 5.73 Å². The number of nitrogens with two attached hydrogens (primary N) is 1. The summed E-state index contributed by atoms with van der Waals surface area (Å²) >= 11 is 1.28. The molecule has 0 bridgehead atoms. The zero-order chi connectivity index (χ0) is 16.9. The van der Waals surface area contributed by atoms with Crippen molar-refractivity contribution in [2.24, 2.45) is 5.73 Å². The molecule has 0 aliphatic carbocycles. The Labute approximate surface area is 141 Å². The number of carbonyl (C=O) groups excluding carboxylic acids is 2. The number of nitrogens with one attached hydrogen (secondary N) is 4. The number of hydrogen-bond donors (Lipinski definition) is 5. The average molecular weight is 341 g/mol. The molecule has 0 spiro atoms. The number of rotatable bonds is 4. The molecule has 1 aliphatic rings. The Morgan fingerprint density at radius 1 is 1.21 bits per heavy atom. The molecule has 3 heterocycles. The summed E-state index contributed by atoms with van der Waals surface area (Å²) in [5, 5.41) is 8.61. The Bertz CT molecular complexity index is 846. The maximum absolute atomic E-state index is 12.6. The van der Waals surface area contributed by atoms with Gasteiger partial charge >= 0.3 is 6.03 Å². The molecule has 0 unspecified atom stereocenters. The summed E-state index contributed by atoms with van der Waals surface area (Å²) in [5.41, 5.74) is 7.08. The van der Waals surface area contributed by atoms with Crippen LogP contribution in [0.3, 0.4) is 0 Å². The van der Waals surface area contributed by atoms with Crippen molar-refractivity contribution in [1.82, 2.24) is 15.6 Å². The first kappa shape index (κ1) is 15.6. The molecule has 0 atom stereocenters. The summed E-state index contributed by atoms with van der Waals surface area (Å²) in [7, 11) is 0. The number of aromatic nitrogens is 1. The summed E-state index contributed by atoms with van der Waals surface area (Å²) < 4.78 is 0. The summed E-state index contributed by atoms with van der Waals surface area (Å²) in [5.74, 6) is -0.337. The molecule has 1 aliphatic heterocycles. The first-order valence-electron chi connectivity index (χ1n) is 7.08. The van der Waals surface area contributed by atoms with Gasteiger partial charge in [-0.15, -0.1) is 11.3 Å². The lowest BCUT2D eigenvalue weighted by molar-refractivity contribution is 0.0968. The van der Waals surface area contributed by atoms with Gasteiger partial charge < -0.3 is 21.4 Å². The third-order valence-electron chi connectivity index (χ3n) is 3.17. The Kier molecular flexibility index (Phi) is 4.48. The third kappa shape index (κ3) is 3.55. The number of anilines is 1. The van der Waals surface area contributed by atoms with Crippen LogP contribution in [0.5, 0.6) is 0 Å². The van der Waals surface area contributed by atoms with E-state index in [1.807, 2.05) is 18.3 Å². The summed E-state index contributed by atoms with van der Waals surface area (Å²) in [6, 6.07) is 2.89. The van der Waals surface area contributed by atoms with Gasteiger partial charge in [0.25, 0.3) is 5.91 Å². The molecule has 8 heteroatoms. The molecule has 2 aromatic heterocycles. The van der Waals surface area contributed by atoms with Crippen molar-refractivity contribution in [3.8, 4) is 10.4 Å². The van der Waals surface area contributed by atoms with Crippen LogP contribution in [-0.2, 0) is 0 Å². The molecule has 2 aromatic rings. The maximum atomic E-state index is 12.6. The van der Waals surface area contributed by atoms with Gasteiger partial charge in [0.15, 0.2) is 0 Å². The molecule has 3 amide bonds. The fraction of sp³-hybridized carbons (Fsp3) is 0. The van der Waals surface area contributed by atoms with Crippen LogP contribution >= 0.6 is 11.3 Å². The van der Waals surface area contributed by atoms with E-state index in [1.165, 1.54) is 11.3 Å². The minimum Gasteiger partial charge on any atom is -0.367 e. The monoisotopic (exact) mass is 341 g/mol. The molecule has 24 heavy (non-hydrogen) atoms. The molecular formula is C16H15N5O2S. The topological polar surface area (TPSA) is 112 Å². The predicted octanol–water partition coefficient (Wildman–Crippen LogP) is 2.48. The second-order valence-electron chi connectivity index (χ2n) is 4.88. The van der Waals surface area contributed by atoms with Gasteiger partial charge in [-0.3, -0.25) is 10.1 Å². The maximum Gasteiger partial charge on any atom is 0.317 e. The van der Waals surface area contributed by atoms with Crippen LogP contribution in [0.2, 0.25) is 0 Å². The second kappa shape index (κ2) is 6.88. The number of urea groups is 1. The largest absolute Gasteiger partial charge is 0.367 e. The van der Waals surface area contributed by atoms with E-state index in [0.29, 0.717) is 16.3 Å². The molecule has 0 saturated carbocycles. The first-order valence-corrected chi connectivity index (χ1v) is 7.89. The molecule has 6 N–H and O–H groups in total. The third-order valence-corrected chi connectivity index (χ3v) is 4.27. The number of allylic oxidation sites excluding steroid dienone is 3. The predicted molar refractivity (Wildman–Crippen MR) is 94.3 cm³/mol. The van der Waals surface area contributed by atoms with Gasteiger partial charge in [0.2, 0.25) is 0 Å². The second-order valence-corrected chi connectivity index (χ2v) is 5.93. The number of H-pyrrole nitrogens is 1. The fourth-order valence-electron chi connectivity index (χ4n) is 2.12. The molecule has 7 nitrogen and oxygen atoms in total. The highest BCUT2D eigenvalue weighted by Gasteiger charge is 2.19. The van der Waals surface area contributed by atoms with Crippen LogP contribution in [0, 0.1) is 0 Å². The fourth-order valence-corrected chi connectivity index (χ4v) is 3.17. The van der Waals surface area contributed by atoms with Crippen LogP contribution < -0.4 is 21.7 Å². The minimum atomic E-state index is -0.717. The van der Waals surface area contributed by atoms with E-state index in [0.717, 1.165) is 10.4 Å². The van der Waals surface area contributed by atoms with Gasteiger partial charge in [-0.1, -0.05) is 6.08 Å². The highest BCUT2D eigenvalue weighted by molar-refractivity contribution is 7.20. The van der Waals surface area contributed by atoms with Crippen molar-refractivity contribution in [2.75, 3.05) is 5.32 Å². The first-order chi connectivity index (χ1) is 11.6. The molecule has 3 rings (SSSR count). The molecule has 0 fully saturated rings. The van der Waals surface area contributed by atoms with Gasteiger partial charge in [0.05, 0.1) is 11.3 Å². The van der Waals surface area contributed by atoms with Crippen LogP contribution in [-0.4, -0.2) is 16.9 Å². The summed E-state index contributed by atoms with van der Waals surface area (Å²) in [6.07, 6.45) is 12.4. The number of amides is 3. The number of hydrogen-bond acceptors (Lipinski definition) is 4. The van der Waals surface area contributed by atoms with Gasteiger partial charge in [-0.05, 0) is 24.3 Å². The Balaban J connectivity index is 1.88. The van der Waals surface area contributed by atoms with Crippen molar-refractivity contribution < 1.29 is 9.59 Å². The molecule has 0 radical (unpaired) electrons. The smallest absolute Gasteiger partial charge is 0.317 e. The highest BCUT2D eigenvalue weighted by atomic mass is 32.1. The zero-order valence-electron chi connectivity index (χ0n) is 12.5. The Morgan fingerprint density at radius 3 is 2.83 bits per heavy atom. The highest BCUT2D eigenvalue weighted by Crippen LogP contribution is 2.35. The van der Waals surface area contributed by atoms with E-state index in [2.05, 4.69) is 20.9 Å². The van der Waals surface area contributed by atoms with Crippen LogP contribution in [0.4, 0.5) is 9.80 Å². The Hall–Kier alpha value is -3.26. The number of thiophene rings is 1. The van der Waals surface area contributed by atoms with Crippen molar-refractivity contribution >= 4 is 28.3 Å². The standard InChI is InChI=1S/C16H15N5O2S/c17-16(23)21-15-12(7-13(24-15)10-4-6-19-8-10)14(22)20-11-3-1-2-5-18-9-11/h1-9,18-19H,(H,20,22)(H3,17,21,23). The normalized spacial score (nSPS) is 12.9. The van der Waals surface area contributed by atoms with Crippen molar-refractivity contribution in [2.45, 2.75) is 0 Å². The van der Waals surface area contributed by atoms with Crippen LogP contribution in [0.25, 0.3) is 10.4 Å². The van der Waals surface area contributed by atoms with Crippen molar-refractivity contribution in [1.29, 1.82) is 0 Å². The van der Waals surface area contributed by atoms with E-state index in [9.17, 15) is 9.59 Å². The number of primary amides is 1. The molecule has 0 saturated heterocycles. The lowest BCUT2D eigenvalue weighted by Gasteiger charge is -2.06. The quantitative estimate of drug-likeness (QED) is 0.589. The van der Waals surface area contributed by atoms with Gasteiger partial charge in [-0.25, -0.2) is 4.79 Å². The van der Waals surface area contributed by atoms with Crippen molar-refractivity contribution in [3.63, 3.8) is 0 Å². The van der Waals surface area contributed by atoms with Crippen LogP contribution in [0.15, 0.2) is 60.9 Å². The molecule has 0 aromatic carbocycles.